The number of aliphatic hydroxyl groups excluding tert-OH is 1. The van der Waals surface area contributed by atoms with Crippen LogP contribution in [0.3, 0.4) is 0 Å². The quantitative estimate of drug-likeness (QED) is 0.692. The summed E-state index contributed by atoms with van der Waals surface area (Å²) in [5.41, 5.74) is 2.33. The summed E-state index contributed by atoms with van der Waals surface area (Å²) in [5.74, 6) is 0.560. The zero-order chi connectivity index (χ0) is 20.7. The van der Waals surface area contributed by atoms with Gasteiger partial charge in [0, 0.05) is 43.4 Å². The molecular formula is C22H30N4O3S. The predicted molar refractivity (Wildman–Crippen MR) is 114 cm³/mol. The number of piperidine rings is 3. The molecule has 3 saturated heterocycles. The average Bonchev–Trinajstić information content (AvgIpc) is 3.41. The second-order valence-electron chi connectivity index (χ2n) is 9.44. The summed E-state index contributed by atoms with van der Waals surface area (Å²) < 4.78 is 0. The van der Waals surface area contributed by atoms with Crippen LogP contribution in [0.15, 0.2) is 23.0 Å². The third kappa shape index (κ3) is 3.59. The Morgan fingerprint density at radius 2 is 2.10 bits per heavy atom. The highest BCUT2D eigenvalue weighted by atomic mass is 32.1. The highest BCUT2D eigenvalue weighted by molar-refractivity contribution is 7.07. The monoisotopic (exact) mass is 430 g/mol. The van der Waals surface area contributed by atoms with Crippen LogP contribution in [0.4, 0.5) is 0 Å². The maximum atomic E-state index is 13.6. The Balaban J connectivity index is 1.40. The van der Waals surface area contributed by atoms with Gasteiger partial charge in [-0.25, -0.2) is 4.98 Å². The van der Waals surface area contributed by atoms with Crippen LogP contribution in [0.1, 0.15) is 44.2 Å². The van der Waals surface area contributed by atoms with Gasteiger partial charge in [-0.2, -0.15) is 0 Å². The maximum absolute atomic E-state index is 13.6. The number of nitrogens with one attached hydrogen (secondary N) is 1. The molecule has 5 rings (SSSR count). The molecule has 2 amide bonds. The van der Waals surface area contributed by atoms with Crippen LogP contribution in [0, 0.1) is 11.8 Å². The van der Waals surface area contributed by atoms with Gasteiger partial charge in [0.1, 0.15) is 6.04 Å². The van der Waals surface area contributed by atoms with Crippen molar-refractivity contribution in [1.82, 2.24) is 20.1 Å². The maximum Gasteiger partial charge on any atom is 0.243 e. The Labute approximate surface area is 181 Å². The summed E-state index contributed by atoms with van der Waals surface area (Å²) in [7, 11) is 0. The SMILES string of the molecule is O=C(NC1(CO)CC=CC1)[C@H]1[C@@H]2C[C@@H](CN(Cc3cscn3)C2)[C@@H]2CCCC(=O)N21. The molecule has 2 bridgehead atoms. The molecule has 4 heterocycles. The van der Waals surface area contributed by atoms with E-state index < -0.39 is 11.6 Å². The summed E-state index contributed by atoms with van der Waals surface area (Å²) in [5, 5.41) is 15.2. The molecule has 0 spiro atoms. The molecular weight excluding hydrogens is 400 g/mol. The number of nitrogens with zero attached hydrogens (tertiary/aromatic N) is 3. The number of aromatic nitrogens is 1. The van der Waals surface area contributed by atoms with Crippen molar-refractivity contribution in [2.75, 3.05) is 19.7 Å². The fourth-order valence-corrected chi connectivity index (χ4v) is 6.62. The van der Waals surface area contributed by atoms with Crippen LogP contribution in [0.2, 0.25) is 0 Å². The first-order chi connectivity index (χ1) is 14.6. The second kappa shape index (κ2) is 8.05. The van der Waals surface area contributed by atoms with Crippen molar-refractivity contribution >= 4 is 23.2 Å². The zero-order valence-electron chi connectivity index (χ0n) is 17.2. The molecule has 162 valence electrons. The number of amides is 2. The number of rotatable bonds is 5. The third-order valence-corrected chi connectivity index (χ3v) is 8.06. The van der Waals surface area contributed by atoms with Crippen LogP contribution < -0.4 is 5.32 Å². The van der Waals surface area contributed by atoms with Gasteiger partial charge in [0.25, 0.3) is 0 Å². The van der Waals surface area contributed by atoms with Crippen molar-refractivity contribution in [3.05, 3.63) is 28.7 Å². The fraction of sp³-hybridized carbons (Fsp3) is 0.682. The molecule has 4 atom stereocenters. The van der Waals surface area contributed by atoms with Gasteiger partial charge in [0.2, 0.25) is 11.8 Å². The number of hydrogen-bond acceptors (Lipinski definition) is 6. The van der Waals surface area contributed by atoms with Crippen molar-refractivity contribution in [2.24, 2.45) is 11.8 Å². The van der Waals surface area contributed by atoms with E-state index in [0.29, 0.717) is 25.2 Å². The summed E-state index contributed by atoms with van der Waals surface area (Å²) in [6, 6.07) is -0.301. The lowest BCUT2D eigenvalue weighted by molar-refractivity contribution is -0.161. The van der Waals surface area contributed by atoms with Gasteiger partial charge in [-0.3, -0.25) is 14.5 Å². The summed E-state index contributed by atoms with van der Waals surface area (Å²) >= 11 is 1.61. The minimum atomic E-state index is -0.614. The van der Waals surface area contributed by atoms with Gasteiger partial charge in [-0.15, -0.1) is 11.3 Å². The molecule has 1 aromatic heterocycles. The molecule has 4 aliphatic rings. The molecule has 30 heavy (non-hydrogen) atoms. The normalized spacial score (nSPS) is 32.8. The standard InChI is InChI=1S/C22H30N4O3S/c27-13-22(6-1-2-7-22)24-21(29)20-16-8-15(18-4-3-5-19(28)26(18)20)9-25(10-16)11-17-12-30-14-23-17/h1-2,12,14-16,18,20,27H,3-11,13H2,(H,24,29)/t15-,16+,18-,20+/m0/s1. The molecule has 1 aromatic rings. The Morgan fingerprint density at radius 1 is 1.30 bits per heavy atom. The molecule has 0 unspecified atom stereocenters. The van der Waals surface area contributed by atoms with Gasteiger partial charge in [-0.1, -0.05) is 12.2 Å². The first-order valence-corrected chi connectivity index (χ1v) is 12.0. The van der Waals surface area contributed by atoms with Crippen molar-refractivity contribution in [2.45, 2.75) is 62.7 Å². The van der Waals surface area contributed by atoms with Crippen LogP contribution in [0.25, 0.3) is 0 Å². The Kier molecular flexibility index (Phi) is 5.41. The van der Waals surface area contributed by atoms with Gasteiger partial charge in [0.05, 0.1) is 23.4 Å². The molecule has 1 aliphatic carbocycles. The Hall–Kier alpha value is -1.77. The molecule has 0 radical (unpaired) electrons. The second-order valence-corrected chi connectivity index (χ2v) is 10.2. The smallest absolute Gasteiger partial charge is 0.243 e. The lowest BCUT2D eigenvalue weighted by Crippen LogP contribution is -2.69. The third-order valence-electron chi connectivity index (χ3n) is 7.43. The molecule has 0 saturated carbocycles. The highest BCUT2D eigenvalue weighted by Crippen LogP contribution is 2.42. The minimum Gasteiger partial charge on any atom is -0.394 e. The van der Waals surface area contributed by atoms with Crippen molar-refractivity contribution in [3.8, 4) is 0 Å². The van der Waals surface area contributed by atoms with Gasteiger partial charge >= 0.3 is 0 Å². The van der Waals surface area contributed by atoms with Gasteiger partial charge in [-0.05, 0) is 38.0 Å². The summed E-state index contributed by atoms with van der Waals surface area (Å²) in [4.78, 5) is 35.3. The van der Waals surface area contributed by atoms with Crippen LogP contribution in [-0.2, 0) is 16.1 Å². The average molecular weight is 431 g/mol. The number of likely N-dealkylation sites (tertiary alicyclic amines) is 1. The van der Waals surface area contributed by atoms with E-state index in [1.54, 1.807) is 11.3 Å². The van der Waals surface area contributed by atoms with Crippen LogP contribution in [-0.4, -0.2) is 69.0 Å². The lowest BCUT2D eigenvalue weighted by Gasteiger charge is -2.56. The minimum absolute atomic E-state index is 0.0842. The first kappa shape index (κ1) is 20.2. The van der Waals surface area contributed by atoms with E-state index in [1.807, 2.05) is 22.6 Å². The van der Waals surface area contributed by atoms with E-state index in [-0.39, 0.29) is 30.4 Å². The summed E-state index contributed by atoms with van der Waals surface area (Å²) in [6.07, 6.45) is 8.72. The van der Waals surface area contributed by atoms with E-state index in [2.05, 4.69) is 20.6 Å². The highest BCUT2D eigenvalue weighted by Gasteiger charge is 2.52. The van der Waals surface area contributed by atoms with E-state index in [0.717, 1.165) is 44.6 Å². The lowest BCUT2D eigenvalue weighted by atomic mass is 9.71. The Morgan fingerprint density at radius 3 is 2.83 bits per heavy atom. The largest absolute Gasteiger partial charge is 0.394 e. The van der Waals surface area contributed by atoms with E-state index in [4.69, 9.17) is 0 Å². The molecule has 7 nitrogen and oxygen atoms in total. The van der Waals surface area contributed by atoms with E-state index >= 15 is 0 Å². The first-order valence-electron chi connectivity index (χ1n) is 11.1. The molecule has 3 aliphatic heterocycles. The number of hydrogen-bond donors (Lipinski definition) is 2. The molecule has 3 fully saturated rings. The van der Waals surface area contributed by atoms with Gasteiger partial charge in [0.15, 0.2) is 0 Å². The van der Waals surface area contributed by atoms with Crippen LogP contribution >= 0.6 is 11.3 Å². The van der Waals surface area contributed by atoms with Crippen molar-refractivity contribution < 1.29 is 14.7 Å². The fourth-order valence-electron chi connectivity index (χ4n) is 6.07. The Bertz CT molecular complexity index is 818. The van der Waals surface area contributed by atoms with Crippen molar-refractivity contribution in [1.29, 1.82) is 0 Å². The van der Waals surface area contributed by atoms with E-state index in [9.17, 15) is 14.7 Å². The number of thiazole rings is 1. The van der Waals surface area contributed by atoms with Crippen LogP contribution in [0.5, 0.6) is 0 Å². The van der Waals surface area contributed by atoms with Crippen molar-refractivity contribution in [3.63, 3.8) is 0 Å². The zero-order valence-corrected chi connectivity index (χ0v) is 18.0. The number of carbonyl (C=O) groups excluding carboxylic acids is 2. The van der Waals surface area contributed by atoms with Gasteiger partial charge < -0.3 is 15.3 Å². The molecule has 2 N–H and O–H groups in total. The summed E-state index contributed by atoms with van der Waals surface area (Å²) in [6.45, 7) is 2.48. The number of carbonyl (C=O) groups is 2. The number of aliphatic hydroxyl groups is 1. The van der Waals surface area contributed by atoms with E-state index in [1.165, 1.54) is 0 Å². The predicted octanol–water partition coefficient (Wildman–Crippen LogP) is 1.54. The molecule has 8 heteroatoms. The molecule has 0 aromatic carbocycles. The topological polar surface area (TPSA) is 85.8 Å². The number of fused-ring (bicyclic) bond motifs is 4.